The number of hydrogen-bond acceptors (Lipinski definition) is 5. The number of carboxylic acids is 1. The minimum absolute atomic E-state index is 0.0273. The van der Waals surface area contributed by atoms with Crippen LogP contribution in [0.5, 0.6) is 0 Å². The second-order valence-electron chi connectivity index (χ2n) is 3.80. The largest absolute Gasteiger partial charge is 0.477 e. The molecule has 2 rings (SSSR count). The minimum Gasteiger partial charge on any atom is -0.477 e. The third-order valence-corrected chi connectivity index (χ3v) is 3.96. The van der Waals surface area contributed by atoms with Gasteiger partial charge in [-0.05, 0) is 6.08 Å². The summed E-state index contributed by atoms with van der Waals surface area (Å²) in [5.74, 6) is -1.33. The van der Waals surface area contributed by atoms with Crippen molar-refractivity contribution in [1.82, 2.24) is 10.2 Å². The number of nitrogens with zero attached hydrogens (tertiary/aromatic N) is 1. The van der Waals surface area contributed by atoms with Gasteiger partial charge in [-0.1, -0.05) is 0 Å². The summed E-state index contributed by atoms with van der Waals surface area (Å²) in [6.07, 6.45) is 1.21. The van der Waals surface area contributed by atoms with Gasteiger partial charge in [-0.25, -0.2) is 9.59 Å². The zero-order chi connectivity index (χ0) is 13.3. The molecule has 0 aromatic carbocycles. The molecular formula is C10H12N2O5S. The van der Waals surface area contributed by atoms with Crippen LogP contribution in [-0.4, -0.2) is 52.3 Å². The van der Waals surface area contributed by atoms with E-state index in [1.54, 1.807) is 0 Å². The first-order chi connectivity index (χ1) is 8.52. The standard InChI is InChI=1S/C10H12N2O5S/c1-11-10(16)17-4-5-2-6(9(14)15)12-7(13)3-8(12)18-5/h2,5,8H,3-4H2,1H3,(H,11,16)(H,14,15)/t5?,8-/m1/s1. The van der Waals surface area contributed by atoms with Crippen molar-refractivity contribution in [3.8, 4) is 0 Å². The summed E-state index contributed by atoms with van der Waals surface area (Å²) in [4.78, 5) is 34.6. The van der Waals surface area contributed by atoms with Crippen molar-refractivity contribution in [3.63, 3.8) is 0 Å². The lowest BCUT2D eigenvalue weighted by Gasteiger charge is -2.44. The van der Waals surface area contributed by atoms with Crippen LogP contribution in [0.15, 0.2) is 11.8 Å². The smallest absolute Gasteiger partial charge is 0.406 e. The number of thioether (sulfide) groups is 1. The normalized spacial score (nSPS) is 25.7. The topological polar surface area (TPSA) is 95.9 Å². The van der Waals surface area contributed by atoms with Crippen LogP contribution in [0.2, 0.25) is 0 Å². The lowest BCUT2D eigenvalue weighted by molar-refractivity contribution is -0.146. The van der Waals surface area contributed by atoms with E-state index in [0.29, 0.717) is 6.42 Å². The molecule has 0 spiro atoms. The zero-order valence-corrected chi connectivity index (χ0v) is 10.4. The van der Waals surface area contributed by atoms with Gasteiger partial charge in [0.25, 0.3) is 0 Å². The van der Waals surface area contributed by atoms with Crippen LogP contribution in [-0.2, 0) is 14.3 Å². The van der Waals surface area contributed by atoms with Gasteiger partial charge < -0.3 is 15.2 Å². The number of rotatable bonds is 3. The Morgan fingerprint density at radius 1 is 1.67 bits per heavy atom. The van der Waals surface area contributed by atoms with Gasteiger partial charge in [0.05, 0.1) is 17.0 Å². The Morgan fingerprint density at radius 2 is 2.39 bits per heavy atom. The molecule has 0 aliphatic carbocycles. The van der Waals surface area contributed by atoms with Crippen LogP contribution in [0.4, 0.5) is 4.79 Å². The molecule has 0 radical (unpaired) electrons. The molecule has 0 bridgehead atoms. The number of alkyl carbamates (subject to hydrolysis) is 1. The number of fused-ring (bicyclic) bond motifs is 1. The van der Waals surface area contributed by atoms with E-state index in [9.17, 15) is 14.4 Å². The fraction of sp³-hybridized carbons (Fsp3) is 0.500. The first kappa shape index (κ1) is 12.7. The number of ether oxygens (including phenoxy) is 1. The summed E-state index contributed by atoms with van der Waals surface area (Å²) in [5.41, 5.74) is -0.0273. The third-order valence-electron chi connectivity index (χ3n) is 2.64. The van der Waals surface area contributed by atoms with Crippen LogP contribution in [0.1, 0.15) is 6.42 Å². The Labute approximate surface area is 107 Å². The average molecular weight is 272 g/mol. The Balaban J connectivity index is 2.05. The van der Waals surface area contributed by atoms with E-state index in [4.69, 9.17) is 9.84 Å². The second-order valence-corrected chi connectivity index (χ2v) is 5.22. The van der Waals surface area contributed by atoms with E-state index in [-0.39, 0.29) is 28.8 Å². The minimum atomic E-state index is -1.14. The number of hydrogen-bond donors (Lipinski definition) is 2. The van der Waals surface area contributed by atoms with Crippen molar-refractivity contribution in [2.45, 2.75) is 17.0 Å². The summed E-state index contributed by atoms with van der Waals surface area (Å²) >= 11 is 1.42. The SMILES string of the molecule is CNC(=O)OCC1C=C(C(=O)O)N2C(=O)C[C@H]2S1. The Morgan fingerprint density at radius 3 is 2.94 bits per heavy atom. The van der Waals surface area contributed by atoms with Crippen LogP contribution in [0.25, 0.3) is 0 Å². The van der Waals surface area contributed by atoms with Crippen molar-refractivity contribution in [2.24, 2.45) is 0 Å². The molecule has 0 aromatic heterocycles. The van der Waals surface area contributed by atoms with Crippen LogP contribution < -0.4 is 5.32 Å². The molecule has 7 nitrogen and oxygen atoms in total. The van der Waals surface area contributed by atoms with Gasteiger partial charge in [0.2, 0.25) is 5.91 Å². The van der Waals surface area contributed by atoms with Crippen molar-refractivity contribution >= 4 is 29.7 Å². The number of amides is 2. The predicted octanol–water partition coefficient (Wildman–Crippen LogP) is -0.0153. The third kappa shape index (κ3) is 2.28. The van der Waals surface area contributed by atoms with Crippen molar-refractivity contribution in [3.05, 3.63) is 11.8 Å². The fourth-order valence-electron chi connectivity index (χ4n) is 1.77. The number of nitrogens with one attached hydrogen (secondary N) is 1. The molecule has 2 amide bonds. The van der Waals surface area contributed by atoms with Gasteiger partial charge in [0, 0.05) is 7.05 Å². The summed E-state index contributed by atoms with van der Waals surface area (Å²) in [5, 5.41) is 10.9. The highest BCUT2D eigenvalue weighted by Crippen LogP contribution is 2.40. The molecule has 2 N–H and O–H groups in total. The van der Waals surface area contributed by atoms with E-state index in [0.717, 1.165) is 0 Å². The molecule has 98 valence electrons. The highest BCUT2D eigenvalue weighted by atomic mass is 32.2. The zero-order valence-electron chi connectivity index (χ0n) is 9.58. The molecule has 2 aliphatic rings. The van der Waals surface area contributed by atoms with Crippen molar-refractivity contribution < 1.29 is 24.2 Å². The van der Waals surface area contributed by atoms with Gasteiger partial charge >= 0.3 is 12.1 Å². The highest BCUT2D eigenvalue weighted by Gasteiger charge is 2.45. The molecule has 1 fully saturated rings. The van der Waals surface area contributed by atoms with E-state index < -0.39 is 12.1 Å². The number of aliphatic carboxylic acids is 1. The molecule has 2 heterocycles. The first-order valence-electron chi connectivity index (χ1n) is 5.30. The molecule has 1 saturated heterocycles. The molecule has 18 heavy (non-hydrogen) atoms. The van der Waals surface area contributed by atoms with Gasteiger partial charge in [0.1, 0.15) is 12.3 Å². The van der Waals surface area contributed by atoms with Gasteiger partial charge in [0.15, 0.2) is 0 Å². The molecule has 0 aromatic rings. The quantitative estimate of drug-likeness (QED) is 0.701. The predicted molar refractivity (Wildman–Crippen MR) is 62.8 cm³/mol. The maximum absolute atomic E-state index is 11.3. The lowest BCUT2D eigenvalue weighted by Crippen LogP contribution is -2.54. The Hall–Kier alpha value is -1.70. The lowest BCUT2D eigenvalue weighted by atomic mass is 10.1. The van der Waals surface area contributed by atoms with Crippen molar-refractivity contribution in [1.29, 1.82) is 0 Å². The van der Waals surface area contributed by atoms with Crippen LogP contribution in [0, 0.1) is 0 Å². The van der Waals surface area contributed by atoms with E-state index in [1.807, 2.05) is 0 Å². The van der Waals surface area contributed by atoms with Gasteiger partial charge in [-0.15, -0.1) is 11.8 Å². The summed E-state index contributed by atoms with van der Waals surface area (Å²) in [6, 6.07) is 0. The second kappa shape index (κ2) is 4.89. The number of carboxylic acid groups (broad SMARTS) is 1. The highest BCUT2D eigenvalue weighted by molar-refractivity contribution is 8.00. The Kier molecular flexibility index (Phi) is 3.46. The number of carbonyl (C=O) groups excluding carboxylic acids is 2. The molecule has 0 saturated carbocycles. The van der Waals surface area contributed by atoms with Crippen LogP contribution in [0.3, 0.4) is 0 Å². The number of carbonyl (C=O) groups is 3. The first-order valence-corrected chi connectivity index (χ1v) is 6.24. The van der Waals surface area contributed by atoms with E-state index >= 15 is 0 Å². The van der Waals surface area contributed by atoms with Crippen LogP contribution >= 0.6 is 11.8 Å². The average Bonchev–Trinajstić information content (AvgIpc) is 2.33. The van der Waals surface area contributed by atoms with E-state index in [2.05, 4.69) is 5.32 Å². The maximum Gasteiger partial charge on any atom is 0.406 e. The summed E-state index contributed by atoms with van der Waals surface area (Å²) in [7, 11) is 1.45. The fourth-order valence-corrected chi connectivity index (χ4v) is 3.12. The maximum atomic E-state index is 11.3. The number of β-lactam (4-membered cyclic amide) rings is 1. The molecule has 2 aliphatic heterocycles. The molecular weight excluding hydrogens is 260 g/mol. The summed E-state index contributed by atoms with van der Waals surface area (Å²) < 4.78 is 4.88. The Bertz CT molecular complexity index is 436. The monoisotopic (exact) mass is 272 g/mol. The molecule has 8 heteroatoms. The van der Waals surface area contributed by atoms with E-state index in [1.165, 1.54) is 29.8 Å². The molecule has 1 unspecified atom stereocenters. The summed E-state index contributed by atoms with van der Waals surface area (Å²) in [6.45, 7) is 0.0830. The van der Waals surface area contributed by atoms with Gasteiger partial charge in [-0.2, -0.15) is 0 Å². The molecule has 2 atom stereocenters. The van der Waals surface area contributed by atoms with Gasteiger partial charge in [-0.3, -0.25) is 9.69 Å². The van der Waals surface area contributed by atoms with Crippen molar-refractivity contribution in [2.75, 3.05) is 13.7 Å².